The summed E-state index contributed by atoms with van der Waals surface area (Å²) in [7, 11) is -2.03. The summed E-state index contributed by atoms with van der Waals surface area (Å²) in [5.41, 5.74) is 0. The third-order valence-electron chi connectivity index (χ3n) is 2.97. The molecule has 8 heteroatoms. The molecule has 1 aliphatic carbocycles. The first-order valence-corrected chi connectivity index (χ1v) is 7.42. The van der Waals surface area contributed by atoms with Gasteiger partial charge in [0.15, 0.2) is 0 Å². The molecule has 18 heavy (non-hydrogen) atoms. The molecule has 0 aliphatic heterocycles. The molecule has 0 saturated heterocycles. The van der Waals surface area contributed by atoms with E-state index in [2.05, 4.69) is 14.7 Å². The Kier molecular flexibility index (Phi) is 4.16. The van der Waals surface area contributed by atoms with Gasteiger partial charge in [-0.1, -0.05) is 0 Å². The van der Waals surface area contributed by atoms with Crippen molar-refractivity contribution in [1.29, 1.82) is 0 Å². The third-order valence-corrected chi connectivity index (χ3v) is 4.61. The van der Waals surface area contributed by atoms with E-state index >= 15 is 0 Å². The maximum atomic E-state index is 12.1. The van der Waals surface area contributed by atoms with Crippen molar-refractivity contribution in [3.63, 3.8) is 0 Å². The SMILES string of the molecule is COC1CCCC1NS(=O)(=O)c1cnc(Cl)nc1. The highest BCUT2D eigenvalue weighted by molar-refractivity contribution is 7.89. The van der Waals surface area contributed by atoms with Crippen molar-refractivity contribution in [2.45, 2.75) is 36.3 Å². The van der Waals surface area contributed by atoms with Crippen LogP contribution in [0.1, 0.15) is 19.3 Å². The van der Waals surface area contributed by atoms with Crippen LogP contribution < -0.4 is 4.72 Å². The molecule has 0 spiro atoms. The fourth-order valence-electron chi connectivity index (χ4n) is 2.05. The molecule has 0 amide bonds. The molecule has 2 atom stereocenters. The molecule has 1 aliphatic rings. The van der Waals surface area contributed by atoms with Gasteiger partial charge in [0.05, 0.1) is 18.5 Å². The molecule has 1 aromatic heterocycles. The molecule has 1 N–H and O–H groups in total. The number of nitrogens with zero attached hydrogens (tertiary/aromatic N) is 2. The Morgan fingerprint density at radius 2 is 2.06 bits per heavy atom. The van der Waals surface area contributed by atoms with Crippen molar-refractivity contribution >= 4 is 21.6 Å². The van der Waals surface area contributed by atoms with Gasteiger partial charge in [-0.25, -0.2) is 23.1 Å². The highest BCUT2D eigenvalue weighted by Gasteiger charge is 2.31. The minimum atomic E-state index is -3.62. The molecule has 0 bridgehead atoms. The lowest BCUT2D eigenvalue weighted by Gasteiger charge is -2.19. The molecule has 100 valence electrons. The van der Waals surface area contributed by atoms with E-state index < -0.39 is 10.0 Å². The topological polar surface area (TPSA) is 81.2 Å². The smallest absolute Gasteiger partial charge is 0.243 e. The van der Waals surface area contributed by atoms with Gasteiger partial charge in [-0.3, -0.25) is 0 Å². The van der Waals surface area contributed by atoms with Crippen molar-refractivity contribution < 1.29 is 13.2 Å². The summed E-state index contributed by atoms with van der Waals surface area (Å²) >= 11 is 5.52. The molecule has 1 heterocycles. The fraction of sp³-hybridized carbons (Fsp3) is 0.600. The minimum absolute atomic E-state index is 0.00801. The monoisotopic (exact) mass is 291 g/mol. The van der Waals surface area contributed by atoms with Crippen molar-refractivity contribution in [2.24, 2.45) is 0 Å². The van der Waals surface area contributed by atoms with E-state index in [0.717, 1.165) is 19.3 Å². The average Bonchev–Trinajstić information content (AvgIpc) is 2.76. The summed E-state index contributed by atoms with van der Waals surface area (Å²) in [5.74, 6) is 0. The number of nitrogens with one attached hydrogen (secondary N) is 1. The van der Waals surface area contributed by atoms with Crippen molar-refractivity contribution in [3.05, 3.63) is 17.7 Å². The molecule has 0 aromatic carbocycles. The minimum Gasteiger partial charge on any atom is -0.380 e. The number of hydrogen-bond acceptors (Lipinski definition) is 5. The molecule has 6 nitrogen and oxygen atoms in total. The van der Waals surface area contributed by atoms with Gasteiger partial charge in [-0.15, -0.1) is 0 Å². The van der Waals surface area contributed by atoms with Gasteiger partial charge in [0.25, 0.3) is 0 Å². The van der Waals surface area contributed by atoms with Crippen LogP contribution in [0.25, 0.3) is 0 Å². The Morgan fingerprint density at radius 1 is 1.39 bits per heavy atom. The third kappa shape index (κ3) is 2.97. The van der Waals surface area contributed by atoms with E-state index in [-0.39, 0.29) is 22.3 Å². The van der Waals surface area contributed by atoms with Crippen LogP contribution in [0.3, 0.4) is 0 Å². The number of methoxy groups -OCH3 is 1. The van der Waals surface area contributed by atoms with E-state index in [9.17, 15) is 8.42 Å². The Morgan fingerprint density at radius 3 is 2.67 bits per heavy atom. The summed E-state index contributed by atoms with van der Waals surface area (Å²) in [6.07, 6.45) is 4.88. The van der Waals surface area contributed by atoms with Crippen LogP contribution in [-0.2, 0) is 14.8 Å². The molecule has 1 fully saturated rings. The zero-order valence-corrected chi connectivity index (χ0v) is 11.4. The molecule has 2 rings (SSSR count). The lowest BCUT2D eigenvalue weighted by molar-refractivity contribution is 0.0916. The molecule has 0 radical (unpaired) electrons. The Labute approximate surface area is 111 Å². The Bertz CT molecular complexity index is 506. The zero-order valence-electron chi connectivity index (χ0n) is 9.84. The second-order valence-electron chi connectivity index (χ2n) is 4.12. The number of hydrogen-bond donors (Lipinski definition) is 1. The summed E-state index contributed by atoms with van der Waals surface area (Å²) in [5, 5.41) is 0.0181. The first kappa shape index (κ1) is 13.7. The van der Waals surface area contributed by atoms with Gasteiger partial charge < -0.3 is 4.74 Å². The van der Waals surface area contributed by atoms with E-state index in [0.29, 0.717) is 0 Å². The predicted molar refractivity (Wildman–Crippen MR) is 65.8 cm³/mol. The van der Waals surface area contributed by atoms with Crippen LogP contribution in [0, 0.1) is 0 Å². The molecule has 1 aromatic rings. The molecular formula is C10H14ClN3O3S. The Hall–Kier alpha value is -0.760. The largest absolute Gasteiger partial charge is 0.380 e. The second-order valence-corrected chi connectivity index (χ2v) is 6.17. The lowest BCUT2D eigenvalue weighted by Crippen LogP contribution is -2.40. The van der Waals surface area contributed by atoms with Crippen molar-refractivity contribution in [1.82, 2.24) is 14.7 Å². The van der Waals surface area contributed by atoms with Crippen LogP contribution >= 0.6 is 11.6 Å². The number of sulfonamides is 1. The summed E-state index contributed by atoms with van der Waals surface area (Å²) in [6, 6.07) is -0.198. The number of halogens is 1. The van der Waals surface area contributed by atoms with Gasteiger partial charge in [0, 0.05) is 13.2 Å². The maximum Gasteiger partial charge on any atom is 0.243 e. The normalized spacial score (nSPS) is 24.3. The van der Waals surface area contributed by atoms with Crippen LogP contribution in [0.5, 0.6) is 0 Å². The number of aromatic nitrogens is 2. The summed E-state index contributed by atoms with van der Waals surface area (Å²) < 4.78 is 32.0. The first-order chi connectivity index (χ1) is 8.53. The zero-order chi connectivity index (χ0) is 13.2. The van der Waals surface area contributed by atoms with Crippen LogP contribution in [0.4, 0.5) is 0 Å². The van der Waals surface area contributed by atoms with E-state index in [4.69, 9.17) is 16.3 Å². The maximum absolute atomic E-state index is 12.1. The van der Waals surface area contributed by atoms with E-state index in [1.165, 1.54) is 12.4 Å². The fourth-order valence-corrected chi connectivity index (χ4v) is 3.33. The standard InChI is InChI=1S/C10H14ClN3O3S/c1-17-9-4-2-3-8(9)14-18(15,16)7-5-12-10(11)13-6-7/h5-6,8-9,14H,2-4H2,1H3. The average molecular weight is 292 g/mol. The molecular weight excluding hydrogens is 278 g/mol. The van der Waals surface area contributed by atoms with Gasteiger partial charge in [0.2, 0.25) is 15.3 Å². The number of rotatable bonds is 4. The van der Waals surface area contributed by atoms with Crippen LogP contribution in [0.2, 0.25) is 5.28 Å². The highest BCUT2D eigenvalue weighted by atomic mass is 35.5. The van der Waals surface area contributed by atoms with Gasteiger partial charge in [0.1, 0.15) is 4.90 Å². The Balaban J connectivity index is 2.14. The van der Waals surface area contributed by atoms with Crippen LogP contribution in [-0.4, -0.2) is 37.6 Å². The quantitative estimate of drug-likeness (QED) is 0.836. The summed E-state index contributed by atoms with van der Waals surface area (Å²) in [6.45, 7) is 0. The van der Waals surface area contributed by atoms with Crippen LogP contribution in [0.15, 0.2) is 17.3 Å². The van der Waals surface area contributed by atoms with Crippen molar-refractivity contribution in [3.8, 4) is 0 Å². The molecule has 1 saturated carbocycles. The van der Waals surface area contributed by atoms with E-state index in [1.807, 2.05) is 0 Å². The highest BCUT2D eigenvalue weighted by Crippen LogP contribution is 2.23. The predicted octanol–water partition coefficient (Wildman–Crippen LogP) is 0.976. The van der Waals surface area contributed by atoms with Gasteiger partial charge in [-0.2, -0.15) is 0 Å². The first-order valence-electron chi connectivity index (χ1n) is 5.55. The molecule has 2 unspecified atom stereocenters. The second kappa shape index (κ2) is 5.48. The van der Waals surface area contributed by atoms with Gasteiger partial charge >= 0.3 is 0 Å². The van der Waals surface area contributed by atoms with E-state index in [1.54, 1.807) is 7.11 Å². The lowest BCUT2D eigenvalue weighted by atomic mass is 10.2. The summed E-state index contributed by atoms with van der Waals surface area (Å²) in [4.78, 5) is 7.33. The van der Waals surface area contributed by atoms with Crippen molar-refractivity contribution in [2.75, 3.05) is 7.11 Å². The number of ether oxygens (including phenoxy) is 1. The van der Waals surface area contributed by atoms with Gasteiger partial charge in [-0.05, 0) is 30.9 Å².